The van der Waals surface area contributed by atoms with Crippen molar-refractivity contribution < 1.29 is 14.5 Å². The Kier molecular flexibility index (Phi) is 11.3. The first-order valence-corrected chi connectivity index (χ1v) is 12.1. The zero-order chi connectivity index (χ0) is 21.6. The Labute approximate surface area is 182 Å². The van der Waals surface area contributed by atoms with Gasteiger partial charge in [0.15, 0.2) is 0 Å². The second-order valence-electron chi connectivity index (χ2n) is 8.43. The molecule has 1 aromatic heterocycles. The van der Waals surface area contributed by atoms with E-state index in [2.05, 4.69) is 16.5 Å². The minimum absolute atomic E-state index is 0.375. The number of carboxylic acids is 1. The molecule has 0 fully saturated rings. The lowest BCUT2D eigenvalue weighted by atomic mass is 10.0. The van der Waals surface area contributed by atoms with Crippen LogP contribution in [0.4, 0.5) is 0 Å². The van der Waals surface area contributed by atoms with Crippen molar-refractivity contribution in [2.45, 2.75) is 104 Å². The van der Waals surface area contributed by atoms with Crippen LogP contribution in [-0.2, 0) is 13.0 Å². The Morgan fingerprint density at radius 1 is 0.900 bits per heavy atom. The number of unbranched alkanes of at least 4 members (excludes halogenated alkanes) is 11. The zero-order valence-electron chi connectivity index (χ0n) is 19.1. The molecule has 0 bridgehead atoms. The van der Waals surface area contributed by atoms with Gasteiger partial charge in [-0.1, -0.05) is 84.1 Å². The molecule has 30 heavy (non-hydrogen) atoms. The zero-order valence-corrected chi connectivity index (χ0v) is 19.1. The first kappa shape index (κ1) is 24.2. The average Bonchev–Trinajstić information content (AvgIpc) is 3.22. The second kappa shape index (κ2) is 14.0. The lowest BCUT2D eigenvalue weighted by Crippen LogP contribution is -2.34. The van der Waals surface area contributed by atoms with E-state index in [0.29, 0.717) is 5.56 Å². The summed E-state index contributed by atoms with van der Waals surface area (Å²) >= 11 is 0. The molecule has 2 aromatic rings. The van der Waals surface area contributed by atoms with E-state index in [1.165, 1.54) is 70.6 Å². The number of benzene rings is 1. The number of carboxylic acid groups (broad SMARTS) is 1. The third-order valence-electron chi connectivity index (χ3n) is 5.99. The van der Waals surface area contributed by atoms with Crippen LogP contribution in [0.1, 0.15) is 107 Å². The van der Waals surface area contributed by atoms with E-state index >= 15 is 0 Å². The van der Waals surface area contributed by atoms with Crippen molar-refractivity contribution in [2.24, 2.45) is 0 Å². The molecule has 0 aliphatic carbocycles. The van der Waals surface area contributed by atoms with Crippen LogP contribution in [0.2, 0.25) is 0 Å². The normalized spacial score (nSPS) is 11.1. The number of nitrogens with zero attached hydrogens (tertiary/aromatic N) is 1. The molecule has 2 N–H and O–H groups in total. The van der Waals surface area contributed by atoms with Crippen molar-refractivity contribution >= 4 is 5.97 Å². The number of carbonyl (C=O) groups is 1. The van der Waals surface area contributed by atoms with Gasteiger partial charge < -0.3 is 5.11 Å². The van der Waals surface area contributed by atoms with Crippen molar-refractivity contribution in [3.63, 3.8) is 0 Å². The first-order chi connectivity index (χ1) is 14.7. The highest BCUT2D eigenvalue weighted by Gasteiger charge is 2.20. The van der Waals surface area contributed by atoms with Crippen LogP contribution in [0.3, 0.4) is 0 Å². The quantitative estimate of drug-likeness (QED) is 0.231. The van der Waals surface area contributed by atoms with Gasteiger partial charge in [0.2, 0.25) is 0 Å². The van der Waals surface area contributed by atoms with Gasteiger partial charge in [0, 0.05) is 0 Å². The number of nitrogens with one attached hydrogen (secondary N) is 1. The third kappa shape index (κ3) is 7.97. The van der Waals surface area contributed by atoms with Gasteiger partial charge in [0.25, 0.3) is 5.82 Å². The van der Waals surface area contributed by atoms with Crippen LogP contribution >= 0.6 is 0 Å². The number of hydrogen-bond acceptors (Lipinski definition) is 1. The molecule has 2 rings (SSSR count). The number of H-pyrrole nitrogens is 1. The third-order valence-corrected chi connectivity index (χ3v) is 5.99. The second-order valence-corrected chi connectivity index (χ2v) is 8.43. The first-order valence-electron chi connectivity index (χ1n) is 12.1. The largest absolute Gasteiger partial charge is 0.478 e. The molecule has 0 radical (unpaired) electrons. The fourth-order valence-electron chi connectivity index (χ4n) is 4.10. The van der Waals surface area contributed by atoms with Gasteiger partial charge in [-0.25, -0.2) is 14.3 Å². The molecule has 0 amide bonds. The summed E-state index contributed by atoms with van der Waals surface area (Å²) < 4.78 is 2.16. The Hall–Kier alpha value is -2.10. The van der Waals surface area contributed by atoms with E-state index in [0.717, 1.165) is 36.3 Å². The highest BCUT2D eigenvalue weighted by molar-refractivity contribution is 5.94. The predicted octanol–water partition coefficient (Wildman–Crippen LogP) is 6.93. The van der Waals surface area contributed by atoms with Crippen molar-refractivity contribution in [1.29, 1.82) is 0 Å². The summed E-state index contributed by atoms with van der Waals surface area (Å²) in [6, 6.07) is 5.76. The van der Waals surface area contributed by atoms with Crippen LogP contribution in [-0.4, -0.2) is 16.1 Å². The number of rotatable bonds is 16. The fraction of sp³-hybridized carbons (Fsp3) is 0.615. The molecule has 0 saturated carbocycles. The SMILES string of the molecule is CCCCCCCCCCCCCC[n+]1cc[nH]c1-c1ccc(CC)cc1C(=O)O. The van der Waals surface area contributed by atoms with Crippen LogP contribution in [0.25, 0.3) is 11.4 Å². The molecule has 4 nitrogen and oxygen atoms in total. The van der Waals surface area contributed by atoms with E-state index < -0.39 is 5.97 Å². The van der Waals surface area contributed by atoms with Gasteiger partial charge >= 0.3 is 5.97 Å². The number of hydrogen-bond donors (Lipinski definition) is 2. The lowest BCUT2D eigenvalue weighted by molar-refractivity contribution is -0.685. The number of aryl methyl sites for hydroxylation is 2. The van der Waals surface area contributed by atoms with Crippen molar-refractivity contribution in [1.82, 2.24) is 4.98 Å². The topological polar surface area (TPSA) is 57.0 Å². The smallest absolute Gasteiger partial charge is 0.336 e. The molecule has 4 heteroatoms. The number of aromatic amines is 1. The summed E-state index contributed by atoms with van der Waals surface area (Å²) in [5.41, 5.74) is 2.19. The number of imidazole rings is 1. The highest BCUT2D eigenvalue weighted by atomic mass is 16.4. The summed E-state index contributed by atoms with van der Waals surface area (Å²) in [5, 5.41) is 9.64. The molecule has 0 aliphatic rings. The Balaban J connectivity index is 1.72. The maximum Gasteiger partial charge on any atom is 0.336 e. The Bertz CT molecular complexity index is 751. The minimum Gasteiger partial charge on any atom is -0.478 e. The summed E-state index contributed by atoms with van der Waals surface area (Å²) in [4.78, 5) is 15.0. The van der Waals surface area contributed by atoms with Gasteiger partial charge in [-0.15, -0.1) is 0 Å². The maximum absolute atomic E-state index is 11.7. The van der Waals surface area contributed by atoms with E-state index in [-0.39, 0.29) is 0 Å². The van der Waals surface area contributed by atoms with Gasteiger partial charge in [-0.3, -0.25) is 0 Å². The standard InChI is InChI=1S/C26H40N2O2/c1-3-5-6-7-8-9-10-11-12-13-14-15-19-28-20-18-27-25(28)23-17-16-22(4-2)21-24(23)26(29)30/h16-18,20-21H,3-15,19H2,1-2H3,(H,29,30)/p+1. The van der Waals surface area contributed by atoms with Crippen molar-refractivity contribution in [3.8, 4) is 11.4 Å². The molecule has 1 aromatic carbocycles. The predicted molar refractivity (Wildman–Crippen MR) is 124 cm³/mol. The maximum atomic E-state index is 11.7. The van der Waals surface area contributed by atoms with Gasteiger partial charge in [0.05, 0.1) is 17.7 Å². The van der Waals surface area contributed by atoms with Crippen LogP contribution in [0.15, 0.2) is 30.6 Å². The van der Waals surface area contributed by atoms with Crippen LogP contribution in [0.5, 0.6) is 0 Å². The monoisotopic (exact) mass is 413 g/mol. The van der Waals surface area contributed by atoms with E-state index in [9.17, 15) is 9.90 Å². The molecular formula is C26H41N2O2+. The fourth-order valence-corrected chi connectivity index (χ4v) is 4.10. The van der Waals surface area contributed by atoms with Gasteiger partial charge in [-0.05, 0) is 37.0 Å². The van der Waals surface area contributed by atoms with E-state index in [1.807, 2.05) is 31.5 Å². The highest BCUT2D eigenvalue weighted by Crippen LogP contribution is 2.22. The summed E-state index contributed by atoms with van der Waals surface area (Å²) in [6.45, 7) is 5.24. The van der Waals surface area contributed by atoms with E-state index in [4.69, 9.17) is 0 Å². The van der Waals surface area contributed by atoms with E-state index in [1.54, 1.807) is 6.07 Å². The Morgan fingerprint density at radius 3 is 2.07 bits per heavy atom. The minimum atomic E-state index is -0.869. The number of aromatic carboxylic acids is 1. The van der Waals surface area contributed by atoms with Crippen molar-refractivity contribution in [2.75, 3.05) is 0 Å². The van der Waals surface area contributed by atoms with Crippen LogP contribution < -0.4 is 4.57 Å². The van der Waals surface area contributed by atoms with Crippen molar-refractivity contribution in [3.05, 3.63) is 41.7 Å². The summed E-state index contributed by atoms with van der Waals surface area (Å²) in [5.74, 6) is 0.0185. The molecule has 0 aliphatic heterocycles. The average molecular weight is 414 g/mol. The molecule has 166 valence electrons. The van der Waals surface area contributed by atoms with Gasteiger partial charge in [-0.2, -0.15) is 0 Å². The molecule has 0 saturated heterocycles. The Morgan fingerprint density at radius 2 is 1.50 bits per heavy atom. The lowest BCUT2D eigenvalue weighted by Gasteiger charge is -2.07. The summed E-state index contributed by atoms with van der Waals surface area (Å²) in [6.07, 6.45) is 20.8. The summed E-state index contributed by atoms with van der Waals surface area (Å²) in [7, 11) is 0. The molecular weight excluding hydrogens is 372 g/mol. The molecule has 1 heterocycles. The molecule has 0 atom stereocenters. The molecule has 0 unspecified atom stereocenters. The van der Waals surface area contributed by atoms with Gasteiger partial charge in [0.1, 0.15) is 12.4 Å². The van der Waals surface area contributed by atoms with Crippen LogP contribution in [0, 0.1) is 0 Å². The number of aromatic nitrogens is 2. The molecule has 0 spiro atoms.